The number of hydrogen-bond acceptors (Lipinski definition) is 4. The van der Waals surface area contributed by atoms with Crippen molar-refractivity contribution in [2.24, 2.45) is 0 Å². The fraction of sp³-hybridized carbons (Fsp3) is 0.391. The van der Waals surface area contributed by atoms with Crippen LogP contribution in [0.4, 0.5) is 0 Å². The molecule has 1 aromatic carbocycles. The van der Waals surface area contributed by atoms with Crippen LogP contribution in [-0.4, -0.2) is 28.1 Å². The Morgan fingerprint density at radius 2 is 2.00 bits per heavy atom. The molecule has 3 aromatic rings. The first-order valence-corrected chi connectivity index (χ1v) is 10.9. The summed E-state index contributed by atoms with van der Waals surface area (Å²) < 4.78 is 13.0. The number of pyridine rings is 1. The van der Waals surface area contributed by atoms with E-state index in [0.717, 1.165) is 35.5 Å². The van der Waals surface area contributed by atoms with Crippen LogP contribution in [0, 0.1) is 0 Å². The highest BCUT2D eigenvalue weighted by atomic mass is 35.5. The molecule has 1 amide bonds. The average molecular weight is 426 g/mol. The Hall–Kier alpha value is -2.73. The molecule has 1 saturated carbocycles. The minimum Gasteiger partial charge on any atom is -0.454 e. The van der Waals surface area contributed by atoms with Gasteiger partial charge in [0, 0.05) is 30.8 Å². The van der Waals surface area contributed by atoms with Crippen molar-refractivity contribution in [3.8, 4) is 11.5 Å². The lowest BCUT2D eigenvalue weighted by Gasteiger charge is -2.24. The van der Waals surface area contributed by atoms with E-state index in [1.165, 1.54) is 19.3 Å². The molecule has 0 spiro atoms. The van der Waals surface area contributed by atoms with Crippen LogP contribution in [0.5, 0.6) is 11.5 Å². The van der Waals surface area contributed by atoms with Gasteiger partial charge >= 0.3 is 0 Å². The summed E-state index contributed by atoms with van der Waals surface area (Å²) in [7, 11) is 0. The normalized spacial score (nSPS) is 17.2. The summed E-state index contributed by atoms with van der Waals surface area (Å²) in [6, 6.07) is 9.84. The second kappa shape index (κ2) is 8.19. The number of ether oxygens (including phenoxy) is 2. The number of imidazole rings is 1. The van der Waals surface area contributed by atoms with E-state index in [1.807, 2.05) is 47.1 Å². The van der Waals surface area contributed by atoms with Crippen molar-refractivity contribution in [3.05, 3.63) is 59.0 Å². The van der Waals surface area contributed by atoms with Crippen LogP contribution in [0.1, 0.15) is 55.7 Å². The van der Waals surface area contributed by atoms with E-state index < -0.39 is 0 Å². The summed E-state index contributed by atoms with van der Waals surface area (Å²) in [5, 5.41) is 3.87. The minimum atomic E-state index is -0.184. The molecule has 3 heterocycles. The molecule has 1 aliphatic carbocycles. The Balaban J connectivity index is 1.48. The largest absolute Gasteiger partial charge is 0.454 e. The minimum absolute atomic E-state index is 0.0570. The summed E-state index contributed by atoms with van der Waals surface area (Å²) in [4.78, 5) is 17.5. The number of nitrogens with zero attached hydrogens (tertiary/aromatic N) is 2. The van der Waals surface area contributed by atoms with E-state index in [4.69, 9.17) is 21.1 Å². The Bertz CT molecular complexity index is 1070. The number of aromatic nitrogens is 2. The molecular formula is C23H24ClN3O3. The molecule has 6 nitrogen and oxygen atoms in total. The number of carbonyl (C=O) groups excluding carboxylic acids is 1. The standard InChI is InChI=1S/C23H24ClN3O3/c24-16-7-9-22-25-12-19(27(22)13-16)18(11-23(28)26-17-4-2-1-3-5-17)15-6-8-20-21(10-15)30-14-29-20/h6-10,12-13,17-18H,1-5,11,14H2,(H,26,28). The molecule has 5 rings (SSSR count). The third-order valence-corrected chi connectivity index (χ3v) is 6.24. The topological polar surface area (TPSA) is 64.9 Å². The molecule has 1 unspecified atom stereocenters. The SMILES string of the molecule is O=C(CC(c1ccc2c(c1)OCO2)c1cnc2ccc(Cl)cn12)NC1CCCCC1. The number of benzene rings is 1. The quantitative estimate of drug-likeness (QED) is 0.644. The van der Waals surface area contributed by atoms with Crippen molar-refractivity contribution >= 4 is 23.2 Å². The van der Waals surface area contributed by atoms with Crippen LogP contribution in [0.3, 0.4) is 0 Å². The third-order valence-electron chi connectivity index (χ3n) is 6.01. The molecule has 1 aliphatic heterocycles. The first-order chi connectivity index (χ1) is 14.7. The summed E-state index contributed by atoms with van der Waals surface area (Å²) in [6.07, 6.45) is 9.75. The van der Waals surface area contributed by atoms with Gasteiger partial charge in [-0.15, -0.1) is 0 Å². The molecule has 2 aromatic heterocycles. The number of fused-ring (bicyclic) bond motifs is 2. The van der Waals surface area contributed by atoms with Gasteiger partial charge in [0.05, 0.1) is 10.7 Å². The third kappa shape index (κ3) is 3.84. The number of nitrogens with one attached hydrogen (secondary N) is 1. The molecule has 0 bridgehead atoms. The average Bonchev–Trinajstić information content (AvgIpc) is 3.39. The van der Waals surface area contributed by atoms with Crippen molar-refractivity contribution in [1.29, 1.82) is 0 Å². The Labute approximate surface area is 180 Å². The smallest absolute Gasteiger partial charge is 0.231 e. The van der Waals surface area contributed by atoms with E-state index in [2.05, 4.69) is 10.3 Å². The first-order valence-electron chi connectivity index (χ1n) is 10.5. The van der Waals surface area contributed by atoms with Gasteiger partial charge in [0.15, 0.2) is 11.5 Å². The lowest BCUT2D eigenvalue weighted by Crippen LogP contribution is -2.37. The molecule has 30 heavy (non-hydrogen) atoms. The van der Waals surface area contributed by atoms with E-state index >= 15 is 0 Å². The molecular weight excluding hydrogens is 402 g/mol. The van der Waals surface area contributed by atoms with Gasteiger partial charge in [-0.05, 0) is 42.7 Å². The molecule has 2 aliphatic rings. The predicted molar refractivity (Wildman–Crippen MR) is 114 cm³/mol. The van der Waals surface area contributed by atoms with Crippen LogP contribution in [0.25, 0.3) is 5.65 Å². The number of halogens is 1. The zero-order valence-electron chi connectivity index (χ0n) is 16.6. The van der Waals surface area contributed by atoms with Gasteiger partial charge in [-0.3, -0.25) is 4.79 Å². The van der Waals surface area contributed by atoms with Gasteiger partial charge in [-0.2, -0.15) is 0 Å². The molecule has 1 fully saturated rings. The Morgan fingerprint density at radius 1 is 1.17 bits per heavy atom. The molecule has 0 saturated heterocycles. The molecule has 1 N–H and O–H groups in total. The number of rotatable bonds is 5. The van der Waals surface area contributed by atoms with Gasteiger partial charge < -0.3 is 19.2 Å². The van der Waals surface area contributed by atoms with Gasteiger partial charge in [-0.1, -0.05) is 36.9 Å². The molecule has 156 valence electrons. The van der Waals surface area contributed by atoms with Crippen molar-refractivity contribution < 1.29 is 14.3 Å². The van der Waals surface area contributed by atoms with E-state index in [-0.39, 0.29) is 24.7 Å². The van der Waals surface area contributed by atoms with E-state index in [0.29, 0.717) is 17.2 Å². The van der Waals surface area contributed by atoms with Crippen LogP contribution < -0.4 is 14.8 Å². The van der Waals surface area contributed by atoms with E-state index in [9.17, 15) is 4.79 Å². The Morgan fingerprint density at radius 3 is 2.87 bits per heavy atom. The first kappa shape index (κ1) is 19.2. The monoisotopic (exact) mass is 425 g/mol. The highest BCUT2D eigenvalue weighted by Gasteiger charge is 2.26. The lowest BCUT2D eigenvalue weighted by molar-refractivity contribution is -0.122. The van der Waals surface area contributed by atoms with Crippen molar-refractivity contribution in [3.63, 3.8) is 0 Å². The van der Waals surface area contributed by atoms with Gasteiger partial charge in [0.25, 0.3) is 0 Å². The predicted octanol–water partition coefficient (Wildman–Crippen LogP) is 4.69. The zero-order chi connectivity index (χ0) is 20.5. The van der Waals surface area contributed by atoms with Crippen LogP contribution in [0.15, 0.2) is 42.7 Å². The fourth-order valence-electron chi connectivity index (χ4n) is 4.47. The van der Waals surface area contributed by atoms with Crippen LogP contribution in [-0.2, 0) is 4.79 Å². The van der Waals surface area contributed by atoms with Crippen LogP contribution in [0.2, 0.25) is 5.02 Å². The molecule has 1 atom stereocenters. The van der Waals surface area contributed by atoms with Gasteiger partial charge in [-0.25, -0.2) is 4.98 Å². The highest BCUT2D eigenvalue weighted by Crippen LogP contribution is 2.38. The second-order valence-electron chi connectivity index (χ2n) is 8.03. The molecule has 7 heteroatoms. The summed E-state index contributed by atoms with van der Waals surface area (Å²) >= 11 is 6.25. The highest BCUT2D eigenvalue weighted by molar-refractivity contribution is 6.30. The maximum atomic E-state index is 13.0. The fourth-order valence-corrected chi connectivity index (χ4v) is 4.63. The summed E-state index contributed by atoms with van der Waals surface area (Å²) in [5.74, 6) is 1.31. The van der Waals surface area contributed by atoms with Crippen molar-refractivity contribution in [2.75, 3.05) is 6.79 Å². The summed E-state index contributed by atoms with van der Waals surface area (Å²) in [5.41, 5.74) is 2.71. The Kier molecular flexibility index (Phi) is 5.25. The lowest BCUT2D eigenvalue weighted by atomic mass is 9.91. The maximum absolute atomic E-state index is 13.0. The van der Waals surface area contributed by atoms with Gasteiger partial charge in [0.1, 0.15) is 5.65 Å². The van der Waals surface area contributed by atoms with E-state index in [1.54, 1.807) is 0 Å². The number of amides is 1. The number of hydrogen-bond donors (Lipinski definition) is 1. The second-order valence-corrected chi connectivity index (χ2v) is 8.47. The summed E-state index contributed by atoms with van der Waals surface area (Å²) in [6.45, 7) is 0.219. The van der Waals surface area contributed by atoms with Crippen molar-refractivity contribution in [2.45, 2.75) is 50.5 Å². The van der Waals surface area contributed by atoms with Gasteiger partial charge in [0.2, 0.25) is 12.7 Å². The maximum Gasteiger partial charge on any atom is 0.231 e. The van der Waals surface area contributed by atoms with Crippen molar-refractivity contribution in [1.82, 2.24) is 14.7 Å². The molecule has 0 radical (unpaired) electrons. The number of carbonyl (C=O) groups is 1. The van der Waals surface area contributed by atoms with Crippen LogP contribution >= 0.6 is 11.6 Å². The zero-order valence-corrected chi connectivity index (χ0v) is 17.4.